The summed E-state index contributed by atoms with van der Waals surface area (Å²) in [6.45, 7) is 0.377. The van der Waals surface area contributed by atoms with Crippen LogP contribution < -0.4 is 16.4 Å². The van der Waals surface area contributed by atoms with Gasteiger partial charge in [0.1, 0.15) is 6.54 Å². The second-order valence-electron chi connectivity index (χ2n) is 4.29. The Kier molecular flexibility index (Phi) is 3.87. The molecular weight excluding hydrogens is 287 g/mol. The molecule has 0 atom stereocenters. The quantitative estimate of drug-likeness (QED) is 0.798. The van der Waals surface area contributed by atoms with Crippen molar-refractivity contribution < 1.29 is 13.2 Å². The van der Waals surface area contributed by atoms with Crippen LogP contribution in [0.25, 0.3) is 0 Å². The number of anilines is 4. The third-order valence-electron chi connectivity index (χ3n) is 2.73. The molecule has 0 fully saturated rings. The molecule has 0 aliphatic rings. The average molecular weight is 301 g/mol. The SMILES string of the molecule is CNc1nc(Nc2cnn(CC(F)(F)F)c2C)ncc1N. The first kappa shape index (κ1) is 14.9. The number of nitrogens with two attached hydrogens (primary N) is 1. The Labute approximate surface area is 118 Å². The first-order valence-electron chi connectivity index (χ1n) is 5.96. The predicted octanol–water partition coefficient (Wildman–Crippen LogP) is 1.91. The van der Waals surface area contributed by atoms with E-state index in [1.165, 1.54) is 19.3 Å². The maximum Gasteiger partial charge on any atom is 0.408 e. The van der Waals surface area contributed by atoms with Gasteiger partial charge in [-0.25, -0.2) is 4.98 Å². The zero-order valence-corrected chi connectivity index (χ0v) is 11.4. The molecular formula is C11H14F3N7. The molecule has 7 nitrogen and oxygen atoms in total. The van der Waals surface area contributed by atoms with Gasteiger partial charge in [-0.1, -0.05) is 0 Å². The Bertz CT molecular complexity index is 635. The lowest BCUT2D eigenvalue weighted by Crippen LogP contribution is -2.19. The molecule has 0 aliphatic heterocycles. The van der Waals surface area contributed by atoms with E-state index in [-0.39, 0.29) is 5.95 Å². The van der Waals surface area contributed by atoms with Gasteiger partial charge in [-0.2, -0.15) is 23.3 Å². The highest BCUT2D eigenvalue weighted by Crippen LogP contribution is 2.23. The van der Waals surface area contributed by atoms with Crippen LogP contribution in [0.2, 0.25) is 0 Å². The van der Waals surface area contributed by atoms with Gasteiger partial charge in [-0.15, -0.1) is 0 Å². The first-order chi connectivity index (χ1) is 9.80. The molecule has 0 unspecified atom stereocenters. The highest BCUT2D eigenvalue weighted by Gasteiger charge is 2.29. The van der Waals surface area contributed by atoms with E-state index >= 15 is 0 Å². The fraction of sp³-hybridized carbons (Fsp3) is 0.364. The molecule has 4 N–H and O–H groups in total. The van der Waals surface area contributed by atoms with Crippen LogP contribution in [0.4, 0.5) is 36.3 Å². The summed E-state index contributed by atoms with van der Waals surface area (Å²) in [6.07, 6.45) is -1.64. The Morgan fingerprint density at radius 3 is 2.67 bits per heavy atom. The molecule has 0 radical (unpaired) electrons. The van der Waals surface area contributed by atoms with E-state index in [0.717, 1.165) is 4.68 Å². The molecule has 21 heavy (non-hydrogen) atoms. The lowest BCUT2D eigenvalue weighted by atomic mass is 10.4. The molecule has 0 saturated carbocycles. The standard InChI is InChI=1S/C11H14F3N7/c1-6-8(4-18-21(6)5-11(12,13)14)19-10-17-3-7(15)9(16-2)20-10/h3-4H,5,15H2,1-2H3,(H2,16,17,19,20). The Morgan fingerprint density at radius 1 is 1.33 bits per heavy atom. The van der Waals surface area contributed by atoms with Gasteiger partial charge < -0.3 is 16.4 Å². The largest absolute Gasteiger partial charge is 0.408 e. The molecule has 0 aromatic carbocycles. The Hall–Kier alpha value is -2.52. The van der Waals surface area contributed by atoms with Crippen molar-refractivity contribution in [3.8, 4) is 0 Å². The zero-order chi connectivity index (χ0) is 15.6. The van der Waals surface area contributed by atoms with Gasteiger partial charge in [0.05, 0.1) is 29.5 Å². The molecule has 0 bridgehead atoms. The minimum Gasteiger partial charge on any atom is -0.394 e. The molecule has 0 saturated heterocycles. The normalized spacial score (nSPS) is 11.5. The monoisotopic (exact) mass is 301 g/mol. The Morgan fingerprint density at radius 2 is 2.05 bits per heavy atom. The molecule has 114 valence electrons. The van der Waals surface area contributed by atoms with Crippen molar-refractivity contribution in [3.63, 3.8) is 0 Å². The minimum atomic E-state index is -4.33. The van der Waals surface area contributed by atoms with Crippen LogP contribution in [0.1, 0.15) is 5.69 Å². The van der Waals surface area contributed by atoms with Crippen LogP contribution in [0.15, 0.2) is 12.4 Å². The molecule has 2 aromatic rings. The third-order valence-corrected chi connectivity index (χ3v) is 2.73. The molecule has 2 heterocycles. The number of hydrogen-bond donors (Lipinski definition) is 3. The lowest BCUT2D eigenvalue weighted by Gasteiger charge is -2.10. The number of rotatable bonds is 4. The summed E-state index contributed by atoms with van der Waals surface area (Å²) in [5, 5.41) is 9.29. The van der Waals surface area contributed by atoms with Gasteiger partial charge in [-0.3, -0.25) is 4.68 Å². The number of halogens is 3. The van der Waals surface area contributed by atoms with E-state index in [1.807, 2.05) is 0 Å². The van der Waals surface area contributed by atoms with Crippen molar-refractivity contribution in [3.05, 3.63) is 18.1 Å². The summed E-state index contributed by atoms with van der Waals surface area (Å²) in [7, 11) is 1.65. The predicted molar refractivity (Wildman–Crippen MR) is 72.3 cm³/mol. The van der Waals surface area contributed by atoms with Crippen molar-refractivity contribution >= 4 is 23.1 Å². The topological polar surface area (TPSA) is 93.7 Å². The highest BCUT2D eigenvalue weighted by atomic mass is 19.4. The summed E-state index contributed by atoms with van der Waals surface area (Å²) in [4.78, 5) is 8.05. The van der Waals surface area contributed by atoms with Gasteiger partial charge in [0.15, 0.2) is 5.82 Å². The van der Waals surface area contributed by atoms with E-state index in [2.05, 4.69) is 25.7 Å². The van der Waals surface area contributed by atoms with Crippen molar-refractivity contribution in [2.24, 2.45) is 0 Å². The van der Waals surface area contributed by atoms with E-state index in [4.69, 9.17) is 5.73 Å². The third kappa shape index (κ3) is 3.52. The molecule has 0 aliphatic carbocycles. The summed E-state index contributed by atoms with van der Waals surface area (Å²) in [6, 6.07) is 0. The van der Waals surface area contributed by atoms with Gasteiger partial charge in [0.2, 0.25) is 5.95 Å². The fourth-order valence-corrected chi connectivity index (χ4v) is 1.67. The zero-order valence-electron chi connectivity index (χ0n) is 11.4. The number of hydrogen-bond acceptors (Lipinski definition) is 6. The minimum absolute atomic E-state index is 0.211. The second kappa shape index (κ2) is 5.46. The molecule has 2 rings (SSSR count). The number of nitrogens with one attached hydrogen (secondary N) is 2. The smallest absolute Gasteiger partial charge is 0.394 e. The van der Waals surface area contributed by atoms with E-state index in [0.29, 0.717) is 22.9 Å². The van der Waals surface area contributed by atoms with Crippen molar-refractivity contribution in [1.82, 2.24) is 19.7 Å². The number of aromatic nitrogens is 4. The van der Waals surface area contributed by atoms with Crippen LogP contribution >= 0.6 is 0 Å². The number of nitrogen functional groups attached to an aromatic ring is 1. The van der Waals surface area contributed by atoms with Crippen LogP contribution in [0, 0.1) is 6.92 Å². The lowest BCUT2D eigenvalue weighted by molar-refractivity contribution is -0.142. The molecule has 0 spiro atoms. The van der Waals surface area contributed by atoms with E-state index in [1.54, 1.807) is 7.05 Å². The van der Waals surface area contributed by atoms with Gasteiger partial charge in [-0.05, 0) is 6.92 Å². The average Bonchev–Trinajstić information content (AvgIpc) is 2.72. The van der Waals surface area contributed by atoms with Crippen molar-refractivity contribution in [1.29, 1.82) is 0 Å². The van der Waals surface area contributed by atoms with Gasteiger partial charge in [0.25, 0.3) is 0 Å². The van der Waals surface area contributed by atoms with Gasteiger partial charge >= 0.3 is 6.18 Å². The maximum atomic E-state index is 12.4. The summed E-state index contributed by atoms with van der Waals surface area (Å²) in [5.41, 5.74) is 6.73. The Balaban J connectivity index is 2.21. The summed E-state index contributed by atoms with van der Waals surface area (Å²) >= 11 is 0. The van der Waals surface area contributed by atoms with Crippen LogP contribution in [0.5, 0.6) is 0 Å². The van der Waals surface area contributed by atoms with Crippen LogP contribution in [-0.4, -0.2) is 33.0 Å². The highest BCUT2D eigenvalue weighted by molar-refractivity contribution is 5.64. The number of nitrogens with zero attached hydrogens (tertiary/aromatic N) is 4. The summed E-state index contributed by atoms with van der Waals surface area (Å²) < 4.78 is 38.0. The second-order valence-corrected chi connectivity index (χ2v) is 4.29. The van der Waals surface area contributed by atoms with Crippen molar-refractivity contribution in [2.75, 3.05) is 23.4 Å². The fourth-order valence-electron chi connectivity index (χ4n) is 1.67. The van der Waals surface area contributed by atoms with E-state index in [9.17, 15) is 13.2 Å². The number of alkyl halides is 3. The first-order valence-corrected chi connectivity index (χ1v) is 5.96. The van der Waals surface area contributed by atoms with Gasteiger partial charge in [0, 0.05) is 7.05 Å². The van der Waals surface area contributed by atoms with Crippen molar-refractivity contribution in [2.45, 2.75) is 19.6 Å². The maximum absolute atomic E-state index is 12.4. The summed E-state index contributed by atoms with van der Waals surface area (Å²) in [5.74, 6) is 0.635. The molecule has 10 heteroatoms. The van der Waals surface area contributed by atoms with Crippen LogP contribution in [-0.2, 0) is 6.54 Å². The molecule has 0 amide bonds. The van der Waals surface area contributed by atoms with E-state index < -0.39 is 12.7 Å². The van der Waals surface area contributed by atoms with Crippen LogP contribution in [0.3, 0.4) is 0 Å². The molecule has 2 aromatic heterocycles.